The number of nitrogens with zero attached hydrogens (tertiary/aromatic N) is 1. The second-order valence-electron chi connectivity index (χ2n) is 6.79. The quantitative estimate of drug-likeness (QED) is 0.513. The van der Waals surface area contributed by atoms with Crippen LogP contribution in [-0.2, 0) is 9.59 Å². The SMILES string of the molecule is O=C1[C@H]2[C@H](c3ccc(Br)cc3)c3sc(=O)[nH]c3S[C@H]2C(=O)N1c1ccc(Cl)cc1. The normalized spacial score (nSPS) is 23.2. The lowest BCUT2D eigenvalue weighted by atomic mass is 9.83. The summed E-state index contributed by atoms with van der Waals surface area (Å²) in [6.07, 6.45) is 0. The van der Waals surface area contributed by atoms with Crippen molar-refractivity contribution in [1.29, 1.82) is 0 Å². The number of fused-ring (bicyclic) bond motifs is 2. The standard InChI is InChI=1S/C20H12BrClN2O3S2/c21-10-3-1-9(2-4-10)13-14-16(28-17-15(13)29-20(27)23-17)19(26)24(18(14)25)12-7-5-11(22)6-8-12/h1-8,13-14,16H,(H,23,27)/t13-,14-,16+/m0/s1. The summed E-state index contributed by atoms with van der Waals surface area (Å²) in [5.41, 5.74) is 1.41. The molecule has 0 aliphatic carbocycles. The number of aromatic nitrogens is 1. The van der Waals surface area contributed by atoms with Crippen LogP contribution in [0.5, 0.6) is 0 Å². The molecule has 5 nitrogen and oxygen atoms in total. The van der Waals surface area contributed by atoms with Crippen LogP contribution in [0.1, 0.15) is 16.4 Å². The number of carbonyl (C=O) groups is 2. The summed E-state index contributed by atoms with van der Waals surface area (Å²) in [6.45, 7) is 0. The number of hydrogen-bond acceptors (Lipinski definition) is 5. The number of H-pyrrole nitrogens is 1. The van der Waals surface area contributed by atoms with Crippen LogP contribution in [0.2, 0.25) is 5.02 Å². The van der Waals surface area contributed by atoms with Crippen molar-refractivity contribution in [3.63, 3.8) is 0 Å². The number of halogens is 2. The Morgan fingerprint density at radius 2 is 1.66 bits per heavy atom. The molecule has 0 unspecified atom stereocenters. The summed E-state index contributed by atoms with van der Waals surface area (Å²) in [7, 11) is 0. The van der Waals surface area contributed by atoms with E-state index in [2.05, 4.69) is 20.9 Å². The van der Waals surface area contributed by atoms with Gasteiger partial charge in [0.25, 0.3) is 0 Å². The number of amides is 2. The van der Waals surface area contributed by atoms with Crippen LogP contribution in [0.25, 0.3) is 0 Å². The van der Waals surface area contributed by atoms with Gasteiger partial charge in [0.05, 0.1) is 16.6 Å². The molecule has 5 rings (SSSR count). The molecule has 1 N–H and O–H groups in total. The molecule has 0 saturated carbocycles. The van der Waals surface area contributed by atoms with Crippen molar-refractivity contribution >= 4 is 68.1 Å². The number of aromatic amines is 1. The van der Waals surface area contributed by atoms with Gasteiger partial charge in [0.15, 0.2) is 0 Å². The maximum Gasteiger partial charge on any atom is 0.305 e. The molecule has 1 saturated heterocycles. The van der Waals surface area contributed by atoms with E-state index in [-0.39, 0.29) is 22.6 Å². The van der Waals surface area contributed by atoms with Crippen molar-refractivity contribution in [2.24, 2.45) is 5.92 Å². The predicted octanol–water partition coefficient (Wildman–Crippen LogP) is 4.65. The number of benzene rings is 2. The summed E-state index contributed by atoms with van der Waals surface area (Å²) < 4.78 is 0.919. The van der Waals surface area contributed by atoms with Gasteiger partial charge in [0, 0.05) is 20.3 Å². The maximum atomic E-state index is 13.5. The van der Waals surface area contributed by atoms with Gasteiger partial charge in [-0.1, -0.05) is 62.8 Å². The molecule has 146 valence electrons. The maximum absolute atomic E-state index is 13.5. The Bertz CT molecular complexity index is 1190. The van der Waals surface area contributed by atoms with Crippen molar-refractivity contribution in [2.45, 2.75) is 16.2 Å². The third-order valence-corrected chi connectivity index (χ3v) is 8.32. The topological polar surface area (TPSA) is 70.2 Å². The van der Waals surface area contributed by atoms with Gasteiger partial charge in [-0.3, -0.25) is 14.4 Å². The zero-order chi connectivity index (χ0) is 20.3. The first-order valence-corrected chi connectivity index (χ1v) is 11.6. The van der Waals surface area contributed by atoms with E-state index in [1.165, 1.54) is 16.7 Å². The Hall–Kier alpha value is -1.87. The first kappa shape index (κ1) is 19.1. The van der Waals surface area contributed by atoms with Crippen LogP contribution in [0.4, 0.5) is 5.69 Å². The minimum absolute atomic E-state index is 0.181. The average molecular weight is 508 g/mol. The third-order valence-electron chi connectivity index (χ3n) is 5.14. The van der Waals surface area contributed by atoms with E-state index in [0.717, 1.165) is 26.3 Å². The lowest BCUT2D eigenvalue weighted by molar-refractivity contribution is -0.122. The Morgan fingerprint density at radius 1 is 0.966 bits per heavy atom. The number of thioether (sulfide) groups is 1. The molecule has 0 radical (unpaired) electrons. The van der Waals surface area contributed by atoms with Gasteiger partial charge in [0.1, 0.15) is 5.25 Å². The van der Waals surface area contributed by atoms with Gasteiger partial charge >= 0.3 is 4.87 Å². The van der Waals surface area contributed by atoms with E-state index in [4.69, 9.17) is 11.6 Å². The van der Waals surface area contributed by atoms with Crippen molar-refractivity contribution in [3.05, 3.63) is 78.1 Å². The Balaban J connectivity index is 1.64. The van der Waals surface area contributed by atoms with Crippen LogP contribution in [-0.4, -0.2) is 22.0 Å². The highest BCUT2D eigenvalue weighted by Crippen LogP contribution is 2.53. The highest BCUT2D eigenvalue weighted by atomic mass is 79.9. The fraction of sp³-hybridized carbons (Fsp3) is 0.150. The summed E-state index contributed by atoms with van der Waals surface area (Å²) in [4.78, 5) is 43.5. The lowest BCUT2D eigenvalue weighted by Crippen LogP contribution is -2.32. The van der Waals surface area contributed by atoms with Crippen molar-refractivity contribution < 1.29 is 9.59 Å². The van der Waals surface area contributed by atoms with Crippen molar-refractivity contribution in [2.75, 3.05) is 4.90 Å². The predicted molar refractivity (Wildman–Crippen MR) is 118 cm³/mol. The van der Waals surface area contributed by atoms with E-state index >= 15 is 0 Å². The number of anilines is 1. The highest BCUT2D eigenvalue weighted by Gasteiger charge is 2.56. The molecule has 2 amide bonds. The molecule has 29 heavy (non-hydrogen) atoms. The minimum atomic E-state index is -0.593. The molecule has 0 spiro atoms. The monoisotopic (exact) mass is 506 g/mol. The average Bonchev–Trinajstić information content (AvgIpc) is 3.19. The van der Waals surface area contributed by atoms with Crippen LogP contribution in [0.3, 0.4) is 0 Å². The molecule has 9 heteroatoms. The number of rotatable bonds is 2. The third kappa shape index (κ3) is 3.09. The molecular formula is C20H12BrClN2O3S2. The lowest BCUT2D eigenvalue weighted by Gasteiger charge is -2.29. The number of thiazole rings is 1. The smallest absolute Gasteiger partial charge is 0.305 e. The van der Waals surface area contributed by atoms with Crippen LogP contribution >= 0.6 is 50.6 Å². The number of imide groups is 1. The molecule has 2 aliphatic rings. The summed E-state index contributed by atoms with van der Waals surface area (Å²) >= 11 is 11.8. The second kappa shape index (κ2) is 7.12. The fourth-order valence-corrected chi connectivity index (χ4v) is 6.80. The minimum Gasteiger partial charge on any atom is -0.307 e. The van der Waals surface area contributed by atoms with Gasteiger partial charge in [-0.05, 0) is 42.0 Å². The molecule has 2 aromatic carbocycles. The second-order valence-corrected chi connectivity index (χ2v) is 10.3. The van der Waals surface area contributed by atoms with E-state index in [1.54, 1.807) is 24.3 Å². The summed E-state index contributed by atoms with van der Waals surface area (Å²) in [5, 5.41) is 0.616. The van der Waals surface area contributed by atoms with Gasteiger partial charge in [-0.25, -0.2) is 4.90 Å². The van der Waals surface area contributed by atoms with E-state index in [0.29, 0.717) is 15.7 Å². The van der Waals surface area contributed by atoms with E-state index in [1.807, 2.05) is 24.3 Å². The van der Waals surface area contributed by atoms with Crippen LogP contribution < -0.4 is 9.77 Å². The number of hydrogen-bond donors (Lipinski definition) is 1. The fourth-order valence-electron chi connectivity index (χ4n) is 3.89. The molecule has 3 aromatic rings. The zero-order valence-electron chi connectivity index (χ0n) is 14.6. The van der Waals surface area contributed by atoms with Gasteiger partial charge in [-0.2, -0.15) is 0 Å². The summed E-state index contributed by atoms with van der Waals surface area (Å²) in [6, 6.07) is 14.3. The zero-order valence-corrected chi connectivity index (χ0v) is 18.6. The van der Waals surface area contributed by atoms with Crippen molar-refractivity contribution in [1.82, 2.24) is 4.98 Å². The molecule has 2 aliphatic heterocycles. The Labute approximate surface area is 187 Å². The molecule has 3 heterocycles. The van der Waals surface area contributed by atoms with Gasteiger partial charge < -0.3 is 4.98 Å². The molecule has 3 atom stereocenters. The Morgan fingerprint density at radius 3 is 2.34 bits per heavy atom. The summed E-state index contributed by atoms with van der Waals surface area (Å²) in [5.74, 6) is -1.47. The largest absolute Gasteiger partial charge is 0.307 e. The van der Waals surface area contributed by atoms with E-state index in [9.17, 15) is 14.4 Å². The molecule has 1 fully saturated rings. The van der Waals surface area contributed by atoms with E-state index < -0.39 is 11.2 Å². The van der Waals surface area contributed by atoms with Gasteiger partial charge in [0.2, 0.25) is 11.8 Å². The molecular weight excluding hydrogens is 496 g/mol. The number of carbonyl (C=O) groups excluding carboxylic acids is 2. The van der Waals surface area contributed by atoms with Crippen LogP contribution in [0, 0.1) is 5.92 Å². The Kier molecular flexibility index (Phi) is 4.70. The first-order valence-electron chi connectivity index (χ1n) is 8.72. The first-order chi connectivity index (χ1) is 13.9. The number of nitrogens with one attached hydrogen (secondary N) is 1. The van der Waals surface area contributed by atoms with Gasteiger partial charge in [-0.15, -0.1) is 0 Å². The molecule has 0 bridgehead atoms. The van der Waals surface area contributed by atoms with Crippen molar-refractivity contribution in [3.8, 4) is 0 Å². The highest BCUT2D eigenvalue weighted by molar-refractivity contribution is 9.10. The molecule has 1 aromatic heterocycles. The van der Waals surface area contributed by atoms with Crippen LogP contribution in [0.15, 0.2) is 62.8 Å².